The third kappa shape index (κ3) is 4.17. The Kier molecular flexibility index (Phi) is 5.59. The van der Waals surface area contributed by atoms with Crippen LogP contribution < -0.4 is 5.32 Å². The van der Waals surface area contributed by atoms with Crippen molar-refractivity contribution in [2.75, 3.05) is 19.6 Å². The number of halogens is 1. The average Bonchev–Trinajstić information content (AvgIpc) is 2.45. The number of phenolic OH excluding ortho intramolecular Hbond substituents is 1. The van der Waals surface area contributed by atoms with Gasteiger partial charge in [0.1, 0.15) is 11.6 Å². The standard InChI is InChI=1S/C17H27FN2O/c1-12(2)20(11-14-6-8-19-9-7-14)13(3)16-5-4-15(21)10-17(16)18/h4-5,10,12-14,19,21H,6-9,11H2,1-3H3. The number of hydrogen-bond donors (Lipinski definition) is 2. The number of piperidine rings is 1. The van der Waals surface area contributed by atoms with Crippen LogP contribution in [-0.4, -0.2) is 35.7 Å². The first-order valence-corrected chi connectivity index (χ1v) is 7.94. The number of benzene rings is 1. The molecule has 0 aliphatic carbocycles. The molecule has 1 atom stereocenters. The van der Waals surface area contributed by atoms with Crippen LogP contribution in [0.2, 0.25) is 0 Å². The van der Waals surface area contributed by atoms with Gasteiger partial charge in [0.15, 0.2) is 0 Å². The number of nitrogens with zero attached hydrogens (tertiary/aromatic N) is 1. The largest absolute Gasteiger partial charge is 0.508 e. The lowest BCUT2D eigenvalue weighted by Gasteiger charge is -2.37. The molecule has 0 saturated carbocycles. The highest BCUT2D eigenvalue weighted by Gasteiger charge is 2.25. The van der Waals surface area contributed by atoms with Crippen molar-refractivity contribution in [3.63, 3.8) is 0 Å². The average molecular weight is 294 g/mol. The highest BCUT2D eigenvalue weighted by Crippen LogP contribution is 2.29. The number of nitrogens with one attached hydrogen (secondary N) is 1. The van der Waals surface area contributed by atoms with Gasteiger partial charge in [0, 0.05) is 30.3 Å². The van der Waals surface area contributed by atoms with Crippen molar-refractivity contribution in [1.29, 1.82) is 0 Å². The van der Waals surface area contributed by atoms with Gasteiger partial charge in [0.05, 0.1) is 0 Å². The van der Waals surface area contributed by atoms with Crippen LogP contribution in [0, 0.1) is 11.7 Å². The second kappa shape index (κ2) is 7.23. The van der Waals surface area contributed by atoms with E-state index in [0.717, 1.165) is 19.6 Å². The zero-order valence-corrected chi connectivity index (χ0v) is 13.3. The molecule has 1 heterocycles. The van der Waals surface area contributed by atoms with E-state index in [2.05, 4.69) is 31.0 Å². The fraction of sp³-hybridized carbons (Fsp3) is 0.647. The molecular weight excluding hydrogens is 267 g/mol. The van der Waals surface area contributed by atoms with E-state index in [1.54, 1.807) is 12.1 Å². The van der Waals surface area contributed by atoms with Crippen LogP contribution in [0.25, 0.3) is 0 Å². The molecule has 1 aromatic carbocycles. The molecule has 3 nitrogen and oxygen atoms in total. The molecule has 0 spiro atoms. The molecule has 21 heavy (non-hydrogen) atoms. The Morgan fingerprint density at radius 1 is 1.29 bits per heavy atom. The summed E-state index contributed by atoms with van der Waals surface area (Å²) in [5.74, 6) is 0.340. The molecule has 2 N–H and O–H groups in total. The minimum atomic E-state index is -0.321. The quantitative estimate of drug-likeness (QED) is 0.874. The molecule has 1 aromatic rings. The van der Waals surface area contributed by atoms with Crippen molar-refractivity contribution in [3.05, 3.63) is 29.6 Å². The molecule has 0 amide bonds. The molecule has 0 bridgehead atoms. The third-order valence-electron chi connectivity index (χ3n) is 4.52. The summed E-state index contributed by atoms with van der Waals surface area (Å²) in [6.45, 7) is 9.54. The highest BCUT2D eigenvalue weighted by molar-refractivity contribution is 5.29. The van der Waals surface area contributed by atoms with Crippen LogP contribution in [-0.2, 0) is 0 Å². The SMILES string of the molecule is CC(C)N(CC1CCNCC1)C(C)c1ccc(O)cc1F. The van der Waals surface area contributed by atoms with Gasteiger partial charge in [0.25, 0.3) is 0 Å². The fourth-order valence-electron chi connectivity index (χ4n) is 3.21. The molecule has 1 saturated heterocycles. The van der Waals surface area contributed by atoms with Crippen LogP contribution >= 0.6 is 0 Å². The monoisotopic (exact) mass is 294 g/mol. The molecule has 4 heteroatoms. The van der Waals surface area contributed by atoms with E-state index < -0.39 is 0 Å². The Balaban J connectivity index is 2.12. The number of rotatable bonds is 5. The Bertz CT molecular complexity index is 458. The van der Waals surface area contributed by atoms with E-state index in [4.69, 9.17) is 0 Å². The predicted molar refractivity (Wildman–Crippen MR) is 83.9 cm³/mol. The lowest BCUT2D eigenvalue weighted by molar-refractivity contribution is 0.123. The van der Waals surface area contributed by atoms with Crippen LogP contribution in [0.5, 0.6) is 5.75 Å². The second-order valence-corrected chi connectivity index (χ2v) is 6.37. The summed E-state index contributed by atoms with van der Waals surface area (Å²) < 4.78 is 14.1. The zero-order chi connectivity index (χ0) is 15.4. The van der Waals surface area contributed by atoms with Gasteiger partial charge < -0.3 is 10.4 Å². The topological polar surface area (TPSA) is 35.5 Å². The van der Waals surface area contributed by atoms with Crippen molar-refractivity contribution in [3.8, 4) is 5.75 Å². The smallest absolute Gasteiger partial charge is 0.131 e. The van der Waals surface area contributed by atoms with Crippen LogP contribution in [0.4, 0.5) is 4.39 Å². The van der Waals surface area contributed by atoms with Gasteiger partial charge in [-0.15, -0.1) is 0 Å². The van der Waals surface area contributed by atoms with Crippen molar-refractivity contribution in [2.45, 2.75) is 45.7 Å². The summed E-state index contributed by atoms with van der Waals surface area (Å²) in [4.78, 5) is 2.37. The lowest BCUT2D eigenvalue weighted by atomic mass is 9.95. The van der Waals surface area contributed by atoms with Gasteiger partial charge in [-0.2, -0.15) is 0 Å². The van der Waals surface area contributed by atoms with Gasteiger partial charge in [-0.25, -0.2) is 4.39 Å². The van der Waals surface area contributed by atoms with E-state index in [-0.39, 0.29) is 17.6 Å². The predicted octanol–water partition coefficient (Wildman–Crippen LogP) is 3.30. The zero-order valence-electron chi connectivity index (χ0n) is 13.3. The fourth-order valence-corrected chi connectivity index (χ4v) is 3.21. The summed E-state index contributed by atoms with van der Waals surface area (Å²) >= 11 is 0. The molecule has 118 valence electrons. The third-order valence-corrected chi connectivity index (χ3v) is 4.52. The van der Waals surface area contributed by atoms with E-state index in [0.29, 0.717) is 17.5 Å². The number of aromatic hydroxyl groups is 1. The van der Waals surface area contributed by atoms with Gasteiger partial charge >= 0.3 is 0 Å². The van der Waals surface area contributed by atoms with Crippen molar-refractivity contribution < 1.29 is 9.50 Å². The summed E-state index contributed by atoms with van der Waals surface area (Å²) in [6, 6.07) is 4.85. The van der Waals surface area contributed by atoms with Gasteiger partial charge in [-0.3, -0.25) is 4.90 Å². The maximum Gasteiger partial charge on any atom is 0.131 e. The van der Waals surface area contributed by atoms with E-state index in [1.165, 1.54) is 18.9 Å². The number of hydrogen-bond acceptors (Lipinski definition) is 3. The minimum Gasteiger partial charge on any atom is -0.508 e. The first kappa shape index (κ1) is 16.2. The lowest BCUT2D eigenvalue weighted by Crippen LogP contribution is -2.41. The maximum absolute atomic E-state index is 14.1. The van der Waals surface area contributed by atoms with Gasteiger partial charge in [-0.05, 0) is 58.7 Å². The normalized spacial score (nSPS) is 18.4. The van der Waals surface area contributed by atoms with Crippen LogP contribution in [0.15, 0.2) is 18.2 Å². The Morgan fingerprint density at radius 3 is 2.52 bits per heavy atom. The molecule has 0 radical (unpaired) electrons. The molecule has 0 aromatic heterocycles. The van der Waals surface area contributed by atoms with E-state index in [1.807, 2.05) is 0 Å². The van der Waals surface area contributed by atoms with Gasteiger partial charge in [-0.1, -0.05) is 6.07 Å². The van der Waals surface area contributed by atoms with E-state index in [9.17, 15) is 9.50 Å². The summed E-state index contributed by atoms with van der Waals surface area (Å²) in [7, 11) is 0. The van der Waals surface area contributed by atoms with Crippen molar-refractivity contribution in [2.24, 2.45) is 5.92 Å². The Morgan fingerprint density at radius 2 is 1.95 bits per heavy atom. The Labute approximate surface area is 127 Å². The van der Waals surface area contributed by atoms with Crippen molar-refractivity contribution >= 4 is 0 Å². The molecule has 1 aliphatic rings. The Hall–Kier alpha value is -1.13. The summed E-state index contributed by atoms with van der Waals surface area (Å²) in [6.07, 6.45) is 2.38. The first-order chi connectivity index (χ1) is 9.99. The molecule has 1 aliphatic heterocycles. The second-order valence-electron chi connectivity index (χ2n) is 6.37. The summed E-state index contributed by atoms with van der Waals surface area (Å²) in [5.41, 5.74) is 0.662. The molecule has 1 fully saturated rings. The minimum absolute atomic E-state index is 0.0143. The molecular formula is C17H27FN2O. The van der Waals surface area contributed by atoms with Crippen LogP contribution in [0.3, 0.4) is 0 Å². The summed E-state index contributed by atoms with van der Waals surface area (Å²) in [5, 5.41) is 12.8. The molecule has 2 rings (SSSR count). The first-order valence-electron chi connectivity index (χ1n) is 7.94. The van der Waals surface area contributed by atoms with Crippen molar-refractivity contribution in [1.82, 2.24) is 10.2 Å². The van der Waals surface area contributed by atoms with Gasteiger partial charge in [0.2, 0.25) is 0 Å². The van der Waals surface area contributed by atoms with Crippen LogP contribution in [0.1, 0.15) is 45.2 Å². The number of phenols is 1. The van der Waals surface area contributed by atoms with E-state index >= 15 is 0 Å². The highest BCUT2D eigenvalue weighted by atomic mass is 19.1. The maximum atomic E-state index is 14.1. The molecule has 1 unspecified atom stereocenters.